The summed E-state index contributed by atoms with van der Waals surface area (Å²) in [5.41, 5.74) is 2.14. The Hall–Kier alpha value is -2.97. The maximum atomic E-state index is 12.8. The first-order valence-corrected chi connectivity index (χ1v) is 12.3. The van der Waals surface area contributed by atoms with Crippen molar-refractivity contribution in [1.29, 1.82) is 0 Å². The number of amides is 1. The van der Waals surface area contributed by atoms with Gasteiger partial charge in [-0.25, -0.2) is 4.98 Å². The molecule has 1 aliphatic carbocycles. The molecule has 0 radical (unpaired) electrons. The van der Waals surface area contributed by atoms with E-state index in [1.54, 1.807) is 24.5 Å². The number of aromatic nitrogens is 2. The minimum Gasteiger partial charge on any atom is -0.497 e. The van der Waals surface area contributed by atoms with Crippen LogP contribution < -0.4 is 10.3 Å². The standard InChI is InChI=1S/C25H28N4O3S/c1-32-18-6-4-5-17(15-18)9-10-22(30)29-13-11-28(12-14-29)16-21-26-24(31)23-19-7-2-3-8-20(19)33-25(23)27-21/h4-6,9-10,15H,2-3,7-8,11-14,16H2,1H3,(H,26,27,31)/b10-9+. The van der Waals surface area contributed by atoms with E-state index >= 15 is 0 Å². The summed E-state index contributed by atoms with van der Waals surface area (Å²) in [6.45, 7) is 3.40. The summed E-state index contributed by atoms with van der Waals surface area (Å²) in [7, 11) is 1.63. The van der Waals surface area contributed by atoms with Gasteiger partial charge < -0.3 is 14.6 Å². The molecule has 2 aromatic heterocycles. The molecule has 2 aliphatic rings. The van der Waals surface area contributed by atoms with E-state index in [9.17, 15) is 9.59 Å². The number of aromatic amines is 1. The number of nitrogens with one attached hydrogen (secondary N) is 1. The number of methoxy groups -OCH3 is 1. The number of hydrogen-bond donors (Lipinski definition) is 1. The average Bonchev–Trinajstić information content (AvgIpc) is 3.22. The van der Waals surface area contributed by atoms with Gasteiger partial charge in [-0.2, -0.15) is 0 Å². The molecule has 1 fully saturated rings. The Morgan fingerprint density at radius 3 is 2.85 bits per heavy atom. The van der Waals surface area contributed by atoms with Gasteiger partial charge in [0.2, 0.25) is 5.91 Å². The molecular formula is C25H28N4O3S. The van der Waals surface area contributed by atoms with Crippen molar-refractivity contribution in [3.05, 3.63) is 62.5 Å². The van der Waals surface area contributed by atoms with Crippen LogP contribution in [0.15, 0.2) is 35.1 Å². The van der Waals surface area contributed by atoms with Crippen LogP contribution in [0.2, 0.25) is 0 Å². The monoisotopic (exact) mass is 464 g/mol. The van der Waals surface area contributed by atoms with Gasteiger partial charge in [-0.05, 0) is 55.0 Å². The number of hydrogen-bond acceptors (Lipinski definition) is 6. The SMILES string of the molecule is COc1cccc(/C=C/C(=O)N2CCN(Cc3nc4sc5c(c4c(=O)[nH]3)CCCC5)CC2)c1. The van der Waals surface area contributed by atoms with E-state index in [-0.39, 0.29) is 11.5 Å². The van der Waals surface area contributed by atoms with E-state index in [0.717, 1.165) is 53.9 Å². The molecule has 1 amide bonds. The summed E-state index contributed by atoms with van der Waals surface area (Å²) in [4.78, 5) is 39.5. The lowest BCUT2D eigenvalue weighted by atomic mass is 9.97. The molecule has 33 heavy (non-hydrogen) atoms. The summed E-state index contributed by atoms with van der Waals surface area (Å²) in [6.07, 6.45) is 7.84. The molecule has 0 spiro atoms. The minimum absolute atomic E-state index is 0.00843. The maximum Gasteiger partial charge on any atom is 0.259 e. The van der Waals surface area contributed by atoms with Crippen molar-refractivity contribution in [1.82, 2.24) is 19.8 Å². The number of thiophene rings is 1. The number of H-pyrrole nitrogens is 1. The van der Waals surface area contributed by atoms with Crippen LogP contribution in [0.3, 0.4) is 0 Å². The first-order valence-electron chi connectivity index (χ1n) is 11.5. The van der Waals surface area contributed by atoms with E-state index in [1.807, 2.05) is 35.2 Å². The minimum atomic E-state index is -0.00843. The topological polar surface area (TPSA) is 78.5 Å². The Bertz CT molecular complexity index is 1250. The molecule has 0 bridgehead atoms. The summed E-state index contributed by atoms with van der Waals surface area (Å²) in [6, 6.07) is 7.63. The van der Waals surface area contributed by atoms with Crippen LogP contribution in [-0.4, -0.2) is 59.0 Å². The molecule has 1 aliphatic heterocycles. The first kappa shape index (κ1) is 21.9. The number of aryl methyl sites for hydroxylation is 2. The lowest BCUT2D eigenvalue weighted by Gasteiger charge is -2.33. The zero-order chi connectivity index (χ0) is 22.8. The highest BCUT2D eigenvalue weighted by Gasteiger charge is 2.22. The predicted octanol–water partition coefficient (Wildman–Crippen LogP) is 3.23. The third-order valence-corrected chi connectivity index (χ3v) is 7.63. The van der Waals surface area contributed by atoms with Gasteiger partial charge in [0, 0.05) is 37.1 Å². The molecule has 0 unspecified atom stereocenters. The smallest absolute Gasteiger partial charge is 0.259 e. The second kappa shape index (κ2) is 9.49. The Labute approximate surface area is 196 Å². The van der Waals surface area contributed by atoms with Crippen LogP contribution in [0.4, 0.5) is 0 Å². The number of benzene rings is 1. The summed E-state index contributed by atoms with van der Waals surface area (Å²) < 4.78 is 5.23. The second-order valence-electron chi connectivity index (χ2n) is 8.62. The first-order chi connectivity index (χ1) is 16.1. The Kier molecular flexibility index (Phi) is 6.28. The molecule has 172 valence electrons. The Balaban J connectivity index is 1.20. The summed E-state index contributed by atoms with van der Waals surface area (Å²) >= 11 is 1.68. The van der Waals surface area contributed by atoms with Gasteiger partial charge in [-0.3, -0.25) is 14.5 Å². The highest BCUT2D eigenvalue weighted by atomic mass is 32.1. The van der Waals surface area contributed by atoms with Gasteiger partial charge >= 0.3 is 0 Å². The second-order valence-corrected chi connectivity index (χ2v) is 9.70. The van der Waals surface area contributed by atoms with Gasteiger partial charge in [0.05, 0.1) is 19.0 Å². The van der Waals surface area contributed by atoms with E-state index in [4.69, 9.17) is 9.72 Å². The lowest BCUT2D eigenvalue weighted by molar-refractivity contribution is -0.127. The molecule has 3 heterocycles. The van der Waals surface area contributed by atoms with Crippen molar-refractivity contribution in [2.45, 2.75) is 32.2 Å². The fourth-order valence-corrected chi connectivity index (χ4v) is 5.92. The van der Waals surface area contributed by atoms with Crippen molar-refractivity contribution in [2.24, 2.45) is 0 Å². The zero-order valence-corrected chi connectivity index (χ0v) is 19.6. The summed E-state index contributed by atoms with van der Waals surface area (Å²) in [5, 5.41) is 0.802. The van der Waals surface area contributed by atoms with E-state index in [0.29, 0.717) is 25.5 Å². The van der Waals surface area contributed by atoms with Crippen LogP contribution in [0, 0.1) is 0 Å². The molecule has 5 rings (SSSR count). The number of nitrogens with zero attached hydrogens (tertiary/aromatic N) is 3. The van der Waals surface area contributed by atoms with Gasteiger partial charge in [0.15, 0.2) is 0 Å². The van der Waals surface area contributed by atoms with Crippen LogP contribution >= 0.6 is 11.3 Å². The number of carbonyl (C=O) groups excluding carboxylic acids is 1. The highest BCUT2D eigenvalue weighted by molar-refractivity contribution is 7.18. The van der Waals surface area contributed by atoms with Crippen molar-refractivity contribution in [3.8, 4) is 5.75 Å². The van der Waals surface area contributed by atoms with Gasteiger partial charge in [0.25, 0.3) is 5.56 Å². The molecule has 1 aromatic carbocycles. The number of carbonyl (C=O) groups is 1. The van der Waals surface area contributed by atoms with Gasteiger partial charge in [-0.1, -0.05) is 12.1 Å². The van der Waals surface area contributed by atoms with Crippen molar-refractivity contribution < 1.29 is 9.53 Å². The van der Waals surface area contributed by atoms with Crippen molar-refractivity contribution >= 4 is 33.5 Å². The molecular weight excluding hydrogens is 436 g/mol. The number of piperazine rings is 1. The lowest BCUT2D eigenvalue weighted by Crippen LogP contribution is -2.48. The normalized spacial score (nSPS) is 16.9. The Morgan fingerprint density at radius 2 is 2.03 bits per heavy atom. The van der Waals surface area contributed by atoms with E-state index in [2.05, 4.69) is 9.88 Å². The van der Waals surface area contributed by atoms with Crippen LogP contribution in [0.5, 0.6) is 5.75 Å². The third-order valence-electron chi connectivity index (χ3n) is 6.44. The number of ether oxygens (including phenoxy) is 1. The van der Waals surface area contributed by atoms with E-state index in [1.165, 1.54) is 16.9 Å². The molecule has 0 saturated carbocycles. The van der Waals surface area contributed by atoms with Gasteiger partial charge in [-0.15, -0.1) is 11.3 Å². The molecule has 3 aromatic rings. The Morgan fingerprint density at radius 1 is 1.21 bits per heavy atom. The quantitative estimate of drug-likeness (QED) is 0.587. The number of rotatable bonds is 5. The summed E-state index contributed by atoms with van der Waals surface area (Å²) in [5.74, 6) is 1.49. The van der Waals surface area contributed by atoms with E-state index < -0.39 is 0 Å². The largest absolute Gasteiger partial charge is 0.497 e. The van der Waals surface area contributed by atoms with Crippen molar-refractivity contribution in [2.75, 3.05) is 33.3 Å². The zero-order valence-electron chi connectivity index (χ0n) is 18.8. The highest BCUT2D eigenvalue weighted by Crippen LogP contribution is 2.33. The molecule has 0 atom stereocenters. The molecule has 7 nitrogen and oxygen atoms in total. The predicted molar refractivity (Wildman–Crippen MR) is 131 cm³/mol. The fourth-order valence-electron chi connectivity index (χ4n) is 4.64. The number of fused-ring (bicyclic) bond motifs is 3. The molecule has 1 N–H and O–H groups in total. The fraction of sp³-hybridized carbons (Fsp3) is 0.400. The molecule has 8 heteroatoms. The maximum absolute atomic E-state index is 12.8. The third kappa shape index (κ3) is 4.72. The van der Waals surface area contributed by atoms with Crippen LogP contribution in [0.1, 0.15) is 34.7 Å². The molecule has 1 saturated heterocycles. The average molecular weight is 465 g/mol. The van der Waals surface area contributed by atoms with Crippen LogP contribution in [-0.2, 0) is 24.2 Å². The van der Waals surface area contributed by atoms with Crippen molar-refractivity contribution in [3.63, 3.8) is 0 Å². The van der Waals surface area contributed by atoms with Gasteiger partial charge in [0.1, 0.15) is 16.4 Å². The van der Waals surface area contributed by atoms with Crippen LogP contribution in [0.25, 0.3) is 16.3 Å².